The van der Waals surface area contributed by atoms with E-state index in [-0.39, 0.29) is 10.8 Å². The Morgan fingerprint density at radius 3 is 1.24 bits per heavy atom. The lowest BCUT2D eigenvalue weighted by Gasteiger charge is -2.30. The summed E-state index contributed by atoms with van der Waals surface area (Å²) in [7, 11) is 0. The van der Waals surface area contributed by atoms with Crippen LogP contribution >= 0.6 is 15.9 Å². The van der Waals surface area contributed by atoms with Crippen LogP contribution < -0.4 is 10.2 Å². The van der Waals surface area contributed by atoms with Crippen molar-refractivity contribution in [1.82, 2.24) is 0 Å². The Balaban J connectivity index is 0.000000105. The van der Waals surface area contributed by atoms with Gasteiger partial charge in [-0.25, -0.2) is 0 Å². The Morgan fingerprint density at radius 2 is 0.681 bits per heavy atom. The average Bonchev–Trinajstić information content (AvgIpc) is 1.49. The lowest BCUT2D eigenvalue weighted by atomic mass is 9.73. The summed E-state index contributed by atoms with van der Waals surface area (Å²) in [5, 5.41) is 7.99. The van der Waals surface area contributed by atoms with E-state index in [0.29, 0.717) is 0 Å². The molecule has 2 spiro atoms. The van der Waals surface area contributed by atoms with Crippen molar-refractivity contribution in [3.05, 3.63) is 352 Å². The van der Waals surface area contributed by atoms with E-state index in [2.05, 4.69) is 275 Å². The second-order valence-corrected chi connectivity index (χ2v) is 25.5. The second-order valence-electron chi connectivity index (χ2n) is 24.6. The Bertz CT molecular complexity index is 5730. The van der Waals surface area contributed by atoms with Gasteiger partial charge in [-0.2, -0.15) is 0 Å². The molecular formula is C86H51BrN2O2. The van der Waals surface area contributed by atoms with E-state index in [1.807, 2.05) is 54.6 Å². The van der Waals surface area contributed by atoms with E-state index in [9.17, 15) is 0 Å². The molecular weight excluding hydrogens is 1170 g/mol. The number of furan rings is 2. The molecule has 2 unspecified atom stereocenters. The SMILES string of the molecule is Brc1ccc2c(c1)C13c4ccccc4-c4cccc(c41)-c1cccc-2c13.c1ccc(N(c2ccc3c(c2)C24c5ccccc5-c5cccc(c52)-c2cccc-3c24)c2cccc3oc4ccccc4c23)cc1.c1ccc(Nc2cccc3oc4ccccc4c23)cc1. The molecule has 2 aromatic heterocycles. The van der Waals surface area contributed by atoms with Crippen LogP contribution in [0.5, 0.6) is 0 Å². The number of halogens is 1. The maximum atomic E-state index is 6.36. The number of nitrogens with zero attached hydrogens (tertiary/aromatic N) is 1. The molecule has 2 atom stereocenters. The van der Waals surface area contributed by atoms with Gasteiger partial charge in [-0.3, -0.25) is 0 Å². The summed E-state index contributed by atoms with van der Waals surface area (Å²) in [6.45, 7) is 0. The summed E-state index contributed by atoms with van der Waals surface area (Å²) < 4.78 is 13.4. The molecule has 2 heterocycles. The van der Waals surface area contributed by atoms with Gasteiger partial charge < -0.3 is 19.1 Å². The van der Waals surface area contributed by atoms with Crippen LogP contribution in [0.2, 0.25) is 0 Å². The normalized spacial score (nSPS) is 15.8. The van der Waals surface area contributed by atoms with Gasteiger partial charge in [0.05, 0.1) is 33.0 Å². The van der Waals surface area contributed by atoms with Gasteiger partial charge in [0.2, 0.25) is 0 Å². The van der Waals surface area contributed by atoms with Crippen molar-refractivity contribution < 1.29 is 8.83 Å². The first-order chi connectivity index (χ1) is 45.1. The number of rotatable bonds is 5. The number of hydrogen-bond donors (Lipinski definition) is 1. The molecule has 0 saturated carbocycles. The highest BCUT2D eigenvalue weighted by molar-refractivity contribution is 9.10. The van der Waals surface area contributed by atoms with Crippen molar-refractivity contribution in [2.45, 2.75) is 10.8 Å². The Kier molecular flexibility index (Phi) is 10.5. The lowest BCUT2D eigenvalue weighted by molar-refractivity contribution is 0.668. The molecule has 16 aromatic rings. The number of nitrogens with one attached hydrogen (secondary N) is 1. The van der Waals surface area contributed by atoms with Gasteiger partial charge in [0.15, 0.2) is 0 Å². The summed E-state index contributed by atoms with van der Waals surface area (Å²) >= 11 is 3.73. The molecule has 0 amide bonds. The molecule has 0 aliphatic heterocycles. The smallest absolute Gasteiger partial charge is 0.137 e. The van der Waals surface area contributed by atoms with Gasteiger partial charge in [0.25, 0.3) is 0 Å². The van der Waals surface area contributed by atoms with Crippen LogP contribution in [-0.2, 0) is 10.8 Å². The minimum atomic E-state index is -0.323. The molecule has 424 valence electrons. The predicted octanol–water partition coefficient (Wildman–Crippen LogP) is 23.5. The molecule has 91 heavy (non-hydrogen) atoms. The zero-order valence-electron chi connectivity index (χ0n) is 49.0. The Labute approximate surface area is 533 Å². The molecule has 4 nitrogen and oxygen atoms in total. The van der Waals surface area contributed by atoms with Crippen LogP contribution in [0, 0.1) is 0 Å². The van der Waals surface area contributed by atoms with Crippen LogP contribution in [0.25, 0.3) is 111 Å². The summed E-state index contributed by atoms with van der Waals surface area (Å²) in [6, 6.07) is 109. The third kappa shape index (κ3) is 6.72. The average molecular weight is 1220 g/mol. The fraction of sp³-hybridized carbons (Fsp3) is 0.0233. The molecule has 0 bridgehead atoms. The number of fused-ring (bicyclic) bond motifs is 16. The van der Waals surface area contributed by atoms with E-state index in [0.717, 1.165) is 76.8 Å². The summed E-state index contributed by atoms with van der Waals surface area (Å²) in [5.41, 5.74) is 36.6. The predicted molar refractivity (Wildman–Crippen MR) is 377 cm³/mol. The first kappa shape index (κ1) is 50.7. The quantitative estimate of drug-likeness (QED) is 0.186. The van der Waals surface area contributed by atoms with Gasteiger partial charge in [-0.1, -0.05) is 234 Å². The van der Waals surface area contributed by atoms with Gasteiger partial charge in [-0.15, -0.1) is 0 Å². The highest BCUT2D eigenvalue weighted by atomic mass is 79.9. The van der Waals surface area contributed by atoms with Gasteiger partial charge in [0.1, 0.15) is 22.3 Å². The summed E-state index contributed by atoms with van der Waals surface area (Å²) in [5.74, 6) is 0. The molecule has 5 heteroatoms. The van der Waals surface area contributed by atoms with Gasteiger partial charge in [0, 0.05) is 32.3 Å². The van der Waals surface area contributed by atoms with Crippen LogP contribution in [0.1, 0.15) is 44.5 Å². The topological polar surface area (TPSA) is 41.6 Å². The minimum absolute atomic E-state index is 0.145. The fourth-order valence-electron chi connectivity index (χ4n) is 17.1. The first-order valence-corrected chi connectivity index (χ1v) is 32.0. The molecule has 0 saturated heterocycles. The molecule has 0 fully saturated rings. The monoisotopic (exact) mass is 1220 g/mol. The third-order valence-corrected chi connectivity index (χ3v) is 20.8. The molecule has 14 aromatic carbocycles. The van der Waals surface area contributed by atoms with E-state index < -0.39 is 0 Å². The highest BCUT2D eigenvalue weighted by Gasteiger charge is 2.59. The maximum Gasteiger partial charge on any atom is 0.137 e. The largest absolute Gasteiger partial charge is 0.456 e. The molecule has 1 N–H and O–H groups in total. The van der Waals surface area contributed by atoms with E-state index in [1.165, 1.54) is 111 Å². The van der Waals surface area contributed by atoms with Gasteiger partial charge in [-0.05, 0) is 196 Å². The number of para-hydroxylation sites is 4. The van der Waals surface area contributed by atoms with Crippen LogP contribution in [0.4, 0.5) is 28.4 Å². The number of benzene rings is 14. The van der Waals surface area contributed by atoms with Crippen molar-refractivity contribution in [2.24, 2.45) is 0 Å². The summed E-state index contributed by atoms with van der Waals surface area (Å²) in [4.78, 5) is 2.41. The number of anilines is 5. The van der Waals surface area contributed by atoms with Crippen molar-refractivity contribution in [3.63, 3.8) is 0 Å². The molecule has 6 aliphatic carbocycles. The molecule has 0 radical (unpaired) electrons. The van der Waals surface area contributed by atoms with Crippen LogP contribution in [0.3, 0.4) is 0 Å². The van der Waals surface area contributed by atoms with Crippen molar-refractivity contribution >= 4 is 88.2 Å². The fourth-order valence-corrected chi connectivity index (χ4v) is 17.5. The standard InChI is InChI=1S/C43H25NO.C25H13Br.C18H13NO/c1-2-11-26(12-3-1)44(37-20-10-22-39-40(37)34-14-5-7-21-38(34)45-39)27-23-24-29-31-16-9-18-33-32-17-8-15-30-28-13-4-6-19-35(28)43(41(30)32,42(31)33)36(29)25-27;26-14-11-12-16-18-7-4-9-20-19-8-3-6-17-15-5-1-2-10-21(15)25(23(17)19,24(18)20)22(16)13-14;1-2-7-13(8-3-1)19-15-10-6-12-17-18(15)14-9-4-5-11-16(14)20-17/h1-25H;1-13H;1-12,19H. The van der Waals surface area contributed by atoms with Crippen molar-refractivity contribution in [1.29, 1.82) is 0 Å². The Hall–Kier alpha value is -11.2. The van der Waals surface area contributed by atoms with Crippen LogP contribution in [0.15, 0.2) is 317 Å². The van der Waals surface area contributed by atoms with Crippen molar-refractivity contribution in [2.75, 3.05) is 10.2 Å². The Morgan fingerprint density at radius 1 is 0.286 bits per heavy atom. The van der Waals surface area contributed by atoms with E-state index in [4.69, 9.17) is 8.83 Å². The van der Waals surface area contributed by atoms with E-state index in [1.54, 1.807) is 0 Å². The third-order valence-electron chi connectivity index (χ3n) is 20.3. The maximum absolute atomic E-state index is 6.36. The highest BCUT2D eigenvalue weighted by Crippen LogP contribution is 2.72. The lowest BCUT2D eigenvalue weighted by Crippen LogP contribution is -2.23. The van der Waals surface area contributed by atoms with Gasteiger partial charge >= 0.3 is 0 Å². The minimum Gasteiger partial charge on any atom is -0.456 e. The second kappa shape index (κ2) is 18.9. The zero-order valence-corrected chi connectivity index (χ0v) is 50.6. The molecule has 22 rings (SSSR count). The van der Waals surface area contributed by atoms with Crippen LogP contribution in [-0.4, -0.2) is 0 Å². The first-order valence-electron chi connectivity index (χ1n) is 31.2. The summed E-state index contributed by atoms with van der Waals surface area (Å²) in [6.07, 6.45) is 0. The number of hydrogen-bond acceptors (Lipinski definition) is 4. The zero-order chi connectivity index (χ0) is 59.7. The molecule has 6 aliphatic rings. The van der Waals surface area contributed by atoms with Crippen molar-refractivity contribution in [3.8, 4) is 66.8 Å². The van der Waals surface area contributed by atoms with E-state index >= 15 is 0 Å².